The minimum Gasteiger partial charge on any atom is -0.399 e. The highest BCUT2D eigenvalue weighted by Crippen LogP contribution is 2.36. The largest absolute Gasteiger partial charge is 0.399 e. The maximum Gasteiger partial charge on any atom is 0.127 e. The van der Waals surface area contributed by atoms with Crippen molar-refractivity contribution in [1.29, 1.82) is 0 Å². The number of benzene rings is 1. The number of hydrogen-bond acceptors (Lipinski definition) is 2. The second kappa shape index (κ2) is 4.55. The quantitative estimate of drug-likeness (QED) is 0.767. The predicted molar refractivity (Wildman–Crippen MR) is 70.5 cm³/mol. The molecule has 0 amide bonds. The molecule has 0 saturated heterocycles. The van der Waals surface area contributed by atoms with Crippen LogP contribution in [0.4, 0.5) is 15.8 Å². The van der Waals surface area contributed by atoms with Gasteiger partial charge < -0.3 is 11.1 Å². The molecule has 1 aliphatic rings. The average molecular weight is 236 g/mol. The number of halogens is 1. The number of hydrogen-bond donors (Lipinski definition) is 2. The first kappa shape index (κ1) is 12.2. The summed E-state index contributed by atoms with van der Waals surface area (Å²) in [6.07, 6.45) is 4.79. The second-order valence-corrected chi connectivity index (χ2v) is 5.88. The Hall–Kier alpha value is -1.25. The Morgan fingerprint density at radius 1 is 1.35 bits per heavy atom. The van der Waals surface area contributed by atoms with E-state index in [2.05, 4.69) is 19.2 Å². The van der Waals surface area contributed by atoms with Gasteiger partial charge in [-0.3, -0.25) is 0 Å². The van der Waals surface area contributed by atoms with Gasteiger partial charge in [0.15, 0.2) is 0 Å². The molecule has 1 aromatic rings. The van der Waals surface area contributed by atoms with E-state index in [1.54, 1.807) is 6.07 Å². The standard InChI is InChI=1S/C14H21FN2/c1-14(2)5-3-4-12(9-14)17-13-7-10(15)6-11(16)8-13/h6-8,12,17H,3-5,9,16H2,1-2H3. The monoisotopic (exact) mass is 236 g/mol. The van der Waals surface area contributed by atoms with Crippen LogP contribution in [-0.4, -0.2) is 6.04 Å². The Balaban J connectivity index is 2.05. The van der Waals surface area contributed by atoms with Crippen LogP contribution in [0.15, 0.2) is 18.2 Å². The van der Waals surface area contributed by atoms with Crippen molar-refractivity contribution in [2.45, 2.75) is 45.6 Å². The third-order valence-electron chi connectivity index (χ3n) is 3.50. The summed E-state index contributed by atoms with van der Waals surface area (Å²) in [5.74, 6) is -0.275. The molecule has 1 fully saturated rings. The van der Waals surface area contributed by atoms with Crippen LogP contribution in [0.5, 0.6) is 0 Å². The molecule has 0 spiro atoms. The molecule has 1 unspecified atom stereocenters. The molecule has 0 aromatic heterocycles. The molecule has 17 heavy (non-hydrogen) atoms. The molecule has 0 bridgehead atoms. The van der Waals surface area contributed by atoms with Crippen LogP contribution in [-0.2, 0) is 0 Å². The van der Waals surface area contributed by atoms with Crippen LogP contribution in [0.2, 0.25) is 0 Å². The van der Waals surface area contributed by atoms with Crippen molar-refractivity contribution in [3.05, 3.63) is 24.0 Å². The maximum absolute atomic E-state index is 13.2. The van der Waals surface area contributed by atoms with E-state index in [1.165, 1.54) is 25.0 Å². The zero-order valence-electron chi connectivity index (χ0n) is 10.6. The maximum atomic E-state index is 13.2. The van der Waals surface area contributed by atoms with Crippen molar-refractivity contribution in [3.8, 4) is 0 Å². The van der Waals surface area contributed by atoms with Gasteiger partial charge in [0.2, 0.25) is 0 Å². The molecule has 2 rings (SSSR count). The first-order valence-electron chi connectivity index (χ1n) is 6.27. The molecule has 0 radical (unpaired) electrons. The van der Waals surface area contributed by atoms with Gasteiger partial charge >= 0.3 is 0 Å². The van der Waals surface area contributed by atoms with Gasteiger partial charge in [-0.25, -0.2) is 4.39 Å². The predicted octanol–water partition coefficient (Wildman–Crippen LogP) is 3.79. The summed E-state index contributed by atoms with van der Waals surface area (Å²) in [6.45, 7) is 4.58. The second-order valence-electron chi connectivity index (χ2n) is 5.88. The lowest BCUT2D eigenvalue weighted by atomic mass is 9.75. The summed E-state index contributed by atoms with van der Waals surface area (Å²) in [7, 11) is 0. The minimum absolute atomic E-state index is 0.275. The van der Waals surface area contributed by atoms with Crippen LogP contribution in [0.25, 0.3) is 0 Å². The summed E-state index contributed by atoms with van der Waals surface area (Å²) in [5.41, 5.74) is 7.29. The van der Waals surface area contributed by atoms with Gasteiger partial charge in [-0.05, 0) is 42.9 Å². The fraction of sp³-hybridized carbons (Fsp3) is 0.571. The van der Waals surface area contributed by atoms with E-state index in [1.807, 2.05) is 0 Å². The van der Waals surface area contributed by atoms with Gasteiger partial charge in [0.05, 0.1) is 0 Å². The van der Waals surface area contributed by atoms with E-state index in [-0.39, 0.29) is 5.82 Å². The summed E-state index contributed by atoms with van der Waals surface area (Å²) in [4.78, 5) is 0. The zero-order valence-corrected chi connectivity index (χ0v) is 10.6. The molecular formula is C14H21FN2. The number of nitrogens with two attached hydrogens (primary N) is 1. The average Bonchev–Trinajstić information content (AvgIpc) is 2.13. The van der Waals surface area contributed by atoms with Crippen LogP contribution < -0.4 is 11.1 Å². The van der Waals surface area contributed by atoms with Gasteiger partial charge in [0.25, 0.3) is 0 Å². The highest BCUT2D eigenvalue weighted by atomic mass is 19.1. The van der Waals surface area contributed by atoms with Gasteiger partial charge in [-0.15, -0.1) is 0 Å². The fourth-order valence-electron chi connectivity index (χ4n) is 2.75. The number of anilines is 2. The lowest BCUT2D eigenvalue weighted by Crippen LogP contribution is -2.31. The van der Waals surface area contributed by atoms with Crippen LogP contribution >= 0.6 is 0 Å². The number of rotatable bonds is 2. The van der Waals surface area contributed by atoms with E-state index in [0.29, 0.717) is 17.1 Å². The van der Waals surface area contributed by atoms with Gasteiger partial charge in [0.1, 0.15) is 5.82 Å². The lowest BCUT2D eigenvalue weighted by molar-refractivity contribution is 0.229. The first-order chi connectivity index (χ1) is 7.94. The highest BCUT2D eigenvalue weighted by Gasteiger charge is 2.27. The van der Waals surface area contributed by atoms with Crippen molar-refractivity contribution in [3.63, 3.8) is 0 Å². The lowest BCUT2D eigenvalue weighted by Gasteiger charge is -2.36. The summed E-state index contributed by atoms with van der Waals surface area (Å²) >= 11 is 0. The Bertz CT molecular complexity index is 381. The van der Waals surface area contributed by atoms with Crippen molar-refractivity contribution in [1.82, 2.24) is 0 Å². The molecule has 2 nitrogen and oxygen atoms in total. The highest BCUT2D eigenvalue weighted by molar-refractivity contribution is 5.55. The molecule has 3 heteroatoms. The van der Waals surface area contributed by atoms with Crippen LogP contribution in [0.3, 0.4) is 0 Å². The summed E-state index contributed by atoms with van der Waals surface area (Å²) in [5, 5.41) is 3.40. The molecule has 0 aliphatic heterocycles. The molecule has 3 N–H and O–H groups in total. The third kappa shape index (κ3) is 3.35. The Morgan fingerprint density at radius 2 is 2.12 bits per heavy atom. The van der Waals surface area contributed by atoms with Crippen LogP contribution in [0, 0.1) is 11.2 Å². The molecule has 1 saturated carbocycles. The molecular weight excluding hydrogens is 215 g/mol. The van der Waals surface area contributed by atoms with Gasteiger partial charge in [-0.2, -0.15) is 0 Å². The number of nitrogens with one attached hydrogen (secondary N) is 1. The third-order valence-corrected chi connectivity index (χ3v) is 3.50. The number of nitrogen functional groups attached to an aromatic ring is 1. The van der Waals surface area contributed by atoms with Gasteiger partial charge in [-0.1, -0.05) is 20.3 Å². The molecule has 94 valence electrons. The molecule has 1 atom stereocenters. The van der Waals surface area contributed by atoms with E-state index in [9.17, 15) is 4.39 Å². The van der Waals surface area contributed by atoms with Crippen molar-refractivity contribution < 1.29 is 4.39 Å². The van der Waals surface area contributed by atoms with E-state index in [0.717, 1.165) is 18.5 Å². The summed E-state index contributed by atoms with van der Waals surface area (Å²) in [6, 6.07) is 5.08. The van der Waals surface area contributed by atoms with Gasteiger partial charge in [0, 0.05) is 17.4 Å². The van der Waals surface area contributed by atoms with Crippen molar-refractivity contribution in [2.75, 3.05) is 11.1 Å². The van der Waals surface area contributed by atoms with E-state index in [4.69, 9.17) is 5.73 Å². The van der Waals surface area contributed by atoms with E-state index >= 15 is 0 Å². The normalized spacial score (nSPS) is 23.4. The van der Waals surface area contributed by atoms with Crippen molar-refractivity contribution in [2.24, 2.45) is 5.41 Å². The Morgan fingerprint density at radius 3 is 2.76 bits per heavy atom. The van der Waals surface area contributed by atoms with Crippen molar-refractivity contribution >= 4 is 11.4 Å². The zero-order chi connectivity index (χ0) is 12.5. The topological polar surface area (TPSA) is 38.0 Å². The Kier molecular flexibility index (Phi) is 3.27. The van der Waals surface area contributed by atoms with E-state index < -0.39 is 0 Å². The Labute approximate surface area is 102 Å². The fourth-order valence-corrected chi connectivity index (χ4v) is 2.75. The molecule has 1 aromatic carbocycles. The first-order valence-corrected chi connectivity index (χ1v) is 6.27. The minimum atomic E-state index is -0.275. The molecule has 0 heterocycles. The molecule has 1 aliphatic carbocycles. The SMILES string of the molecule is CC1(C)CCCC(Nc2cc(N)cc(F)c2)C1. The van der Waals surface area contributed by atoms with Crippen LogP contribution in [0.1, 0.15) is 39.5 Å². The summed E-state index contributed by atoms with van der Waals surface area (Å²) < 4.78 is 13.2. The smallest absolute Gasteiger partial charge is 0.127 e.